The molecule has 0 aliphatic rings. The lowest BCUT2D eigenvalue weighted by atomic mass is 10.1. The third-order valence-electron chi connectivity index (χ3n) is 0.865. The Morgan fingerprint density at radius 1 is 1.00 bits per heavy atom. The van der Waals surface area contributed by atoms with Crippen LogP contribution in [0.2, 0.25) is 0 Å². The van der Waals surface area contributed by atoms with Crippen molar-refractivity contribution in [2.24, 2.45) is 4.36 Å². The monoisotopic (exact) mass is 190 g/mol. The van der Waals surface area contributed by atoms with Gasteiger partial charge >= 0.3 is 0 Å². The molecular weight excluding hydrogens is 168 g/mol. The summed E-state index contributed by atoms with van der Waals surface area (Å²) in [5, 5.41) is 0. The molecule has 12 heavy (non-hydrogen) atoms. The van der Waals surface area contributed by atoms with E-state index in [9.17, 15) is 0 Å². The highest BCUT2D eigenvalue weighted by Gasteiger charge is 2.12. The van der Waals surface area contributed by atoms with Crippen molar-refractivity contribution < 1.29 is 0 Å². The van der Waals surface area contributed by atoms with E-state index < -0.39 is 0 Å². The lowest BCUT2D eigenvalue weighted by molar-refractivity contribution is 0.529. The minimum Gasteiger partial charge on any atom is -0.250 e. The van der Waals surface area contributed by atoms with Gasteiger partial charge in [-0.3, -0.25) is 4.72 Å². The standard InChI is InChI=1S/C9H22N2S/c1-8(2,3)10-12(7)11-9(4,5)6/h1-7H3,(H,10,11). The predicted octanol–water partition coefficient (Wildman–Crippen LogP) is 2.52. The van der Waals surface area contributed by atoms with Crippen molar-refractivity contribution in [3.63, 3.8) is 0 Å². The van der Waals surface area contributed by atoms with Crippen molar-refractivity contribution in [1.29, 1.82) is 0 Å². The molecule has 1 N–H and O–H groups in total. The molecule has 0 unspecified atom stereocenters. The smallest absolute Gasteiger partial charge is 0.0606 e. The van der Waals surface area contributed by atoms with Crippen LogP contribution in [0.25, 0.3) is 0 Å². The average molecular weight is 190 g/mol. The summed E-state index contributed by atoms with van der Waals surface area (Å²) in [4.78, 5) is 0. The van der Waals surface area contributed by atoms with Gasteiger partial charge in [-0.25, -0.2) is 4.36 Å². The van der Waals surface area contributed by atoms with Crippen LogP contribution in [-0.2, 0) is 10.9 Å². The van der Waals surface area contributed by atoms with Crippen LogP contribution < -0.4 is 4.72 Å². The first kappa shape index (κ1) is 12.1. The van der Waals surface area contributed by atoms with Crippen LogP contribution in [0.3, 0.4) is 0 Å². The largest absolute Gasteiger partial charge is 0.250 e. The minimum atomic E-state index is -0.0340. The van der Waals surface area contributed by atoms with Gasteiger partial charge in [-0.15, -0.1) is 0 Å². The van der Waals surface area contributed by atoms with Crippen molar-refractivity contribution in [1.82, 2.24) is 4.72 Å². The van der Waals surface area contributed by atoms with Crippen LogP contribution in [0.15, 0.2) is 4.36 Å². The Labute approximate surface area is 79.4 Å². The second-order valence-corrected chi connectivity index (χ2v) is 6.43. The van der Waals surface area contributed by atoms with Crippen LogP contribution in [0.1, 0.15) is 41.5 Å². The Bertz CT molecular complexity index is 172. The maximum absolute atomic E-state index is 4.61. The zero-order valence-corrected chi connectivity index (χ0v) is 10.2. The van der Waals surface area contributed by atoms with Gasteiger partial charge in [0.15, 0.2) is 0 Å². The van der Waals surface area contributed by atoms with E-state index in [1.807, 2.05) is 0 Å². The van der Waals surface area contributed by atoms with Crippen molar-refractivity contribution in [2.45, 2.75) is 52.6 Å². The van der Waals surface area contributed by atoms with E-state index in [1.165, 1.54) is 0 Å². The highest BCUT2D eigenvalue weighted by Crippen LogP contribution is 2.09. The van der Waals surface area contributed by atoms with Gasteiger partial charge in [-0.1, -0.05) is 0 Å². The molecule has 0 aromatic carbocycles. The van der Waals surface area contributed by atoms with E-state index in [-0.39, 0.29) is 22.0 Å². The highest BCUT2D eigenvalue weighted by molar-refractivity contribution is 7.84. The second-order valence-electron chi connectivity index (χ2n) is 5.09. The summed E-state index contributed by atoms with van der Waals surface area (Å²) >= 11 is 0. The summed E-state index contributed by atoms with van der Waals surface area (Å²) in [6.45, 7) is 12.9. The Kier molecular flexibility index (Phi) is 3.91. The first-order chi connectivity index (χ1) is 5.10. The third-order valence-corrected chi connectivity index (χ3v) is 2.59. The van der Waals surface area contributed by atoms with Gasteiger partial charge in [-0.2, -0.15) is 0 Å². The van der Waals surface area contributed by atoms with E-state index >= 15 is 0 Å². The highest BCUT2D eigenvalue weighted by atomic mass is 32.2. The fourth-order valence-electron chi connectivity index (χ4n) is 0.877. The van der Waals surface area contributed by atoms with Gasteiger partial charge < -0.3 is 0 Å². The minimum absolute atomic E-state index is 0.0340. The van der Waals surface area contributed by atoms with Crippen LogP contribution in [0.5, 0.6) is 0 Å². The van der Waals surface area contributed by atoms with E-state index in [0.29, 0.717) is 0 Å². The molecule has 2 nitrogen and oxygen atoms in total. The molecule has 0 aromatic heterocycles. The van der Waals surface area contributed by atoms with Gasteiger partial charge in [-0.05, 0) is 52.4 Å². The second kappa shape index (κ2) is 3.88. The molecule has 0 aromatic rings. The zero-order chi connectivity index (χ0) is 9.99. The fraction of sp³-hybridized carbons (Fsp3) is 1.00. The first-order valence-corrected chi connectivity index (χ1v) is 5.86. The van der Waals surface area contributed by atoms with Crippen molar-refractivity contribution in [2.75, 3.05) is 6.26 Å². The molecule has 74 valence electrons. The van der Waals surface area contributed by atoms with E-state index in [2.05, 4.69) is 56.9 Å². The molecule has 0 amide bonds. The summed E-state index contributed by atoms with van der Waals surface area (Å²) in [6, 6.07) is 0. The van der Waals surface area contributed by atoms with Gasteiger partial charge in [0.1, 0.15) is 0 Å². The normalized spacial score (nSPS) is 16.6. The van der Waals surface area contributed by atoms with Crippen molar-refractivity contribution in [3.8, 4) is 0 Å². The van der Waals surface area contributed by atoms with Crippen molar-refractivity contribution >= 4 is 10.9 Å². The Balaban J connectivity index is 4.23. The Morgan fingerprint density at radius 2 is 1.42 bits per heavy atom. The lowest BCUT2D eigenvalue weighted by Gasteiger charge is -2.23. The van der Waals surface area contributed by atoms with Gasteiger partial charge in [0, 0.05) is 11.8 Å². The molecule has 0 aliphatic carbocycles. The molecule has 1 atom stereocenters. The quantitative estimate of drug-likeness (QED) is 0.675. The van der Waals surface area contributed by atoms with E-state index in [1.54, 1.807) is 0 Å². The van der Waals surface area contributed by atoms with Gasteiger partial charge in [0.25, 0.3) is 0 Å². The number of nitrogens with zero attached hydrogens (tertiary/aromatic N) is 1. The van der Waals surface area contributed by atoms with Gasteiger partial charge in [0.2, 0.25) is 0 Å². The molecular formula is C9H22N2S. The van der Waals surface area contributed by atoms with E-state index in [0.717, 1.165) is 0 Å². The number of nitrogens with one attached hydrogen (secondary N) is 1. The first-order valence-electron chi connectivity index (χ1n) is 4.27. The molecule has 0 fully saturated rings. The molecule has 0 bridgehead atoms. The van der Waals surface area contributed by atoms with Crippen LogP contribution in [-0.4, -0.2) is 17.3 Å². The zero-order valence-electron chi connectivity index (χ0n) is 9.36. The van der Waals surface area contributed by atoms with Crippen LogP contribution in [0.4, 0.5) is 0 Å². The summed E-state index contributed by atoms with van der Waals surface area (Å²) < 4.78 is 8.05. The summed E-state index contributed by atoms with van der Waals surface area (Å²) in [7, 11) is -0.0340. The Hall–Kier alpha value is 0.110. The maximum Gasteiger partial charge on any atom is 0.0606 e. The van der Waals surface area contributed by atoms with Gasteiger partial charge in [0.05, 0.1) is 5.54 Å². The summed E-state index contributed by atoms with van der Waals surface area (Å²) in [6.07, 6.45) is 2.12. The third kappa shape index (κ3) is 8.21. The number of hydrogen-bond acceptors (Lipinski definition) is 1. The predicted molar refractivity (Wildman–Crippen MR) is 58.4 cm³/mol. The summed E-state index contributed by atoms with van der Waals surface area (Å²) in [5.41, 5.74) is 0.225. The maximum atomic E-state index is 4.61. The van der Waals surface area contributed by atoms with Crippen LogP contribution >= 0.6 is 0 Å². The molecule has 0 saturated carbocycles. The van der Waals surface area contributed by atoms with Crippen molar-refractivity contribution in [3.05, 3.63) is 0 Å². The fourth-order valence-corrected chi connectivity index (χ4v) is 2.63. The molecule has 3 heteroatoms. The molecule has 0 heterocycles. The van der Waals surface area contributed by atoms with Crippen LogP contribution in [0, 0.1) is 0 Å². The SMILES string of the molecule is C[S@](=NC(C)(C)C)NC(C)(C)C. The molecule has 0 rings (SSSR count). The number of rotatable bonds is 1. The molecule has 0 spiro atoms. The topological polar surface area (TPSA) is 24.4 Å². The number of hydrogen-bond donors (Lipinski definition) is 1. The summed E-state index contributed by atoms with van der Waals surface area (Å²) in [5.74, 6) is 0. The lowest BCUT2D eigenvalue weighted by Crippen LogP contribution is -2.37. The molecule has 0 aliphatic heterocycles. The molecule has 0 saturated heterocycles. The average Bonchev–Trinajstić information content (AvgIpc) is 1.49. The Morgan fingerprint density at radius 3 is 1.67 bits per heavy atom. The van der Waals surface area contributed by atoms with E-state index in [4.69, 9.17) is 0 Å². The molecule has 0 radical (unpaired) electrons.